The van der Waals surface area contributed by atoms with Gasteiger partial charge in [-0.2, -0.15) is 0 Å². The van der Waals surface area contributed by atoms with Crippen molar-refractivity contribution in [3.05, 3.63) is 35.9 Å². The monoisotopic (exact) mass is 209 g/mol. The molecule has 0 aromatic heterocycles. The van der Waals surface area contributed by atoms with Gasteiger partial charge in [-0.15, -0.1) is 0 Å². The molecular weight excluding hydrogens is 190 g/mol. The number of hydroxylamine groups is 2. The van der Waals surface area contributed by atoms with E-state index < -0.39 is 0 Å². The van der Waals surface area contributed by atoms with E-state index in [4.69, 9.17) is 9.68 Å². The fraction of sp³-hybridized carbons (Fsp3) is 0.500. The lowest BCUT2D eigenvalue weighted by atomic mass is 10.2. The van der Waals surface area contributed by atoms with E-state index in [0.29, 0.717) is 13.2 Å². The molecule has 0 N–H and O–H groups in total. The maximum Gasteiger partial charge on any atom is 0.0683 e. The van der Waals surface area contributed by atoms with Gasteiger partial charge in [0.1, 0.15) is 0 Å². The summed E-state index contributed by atoms with van der Waals surface area (Å²) in [6.07, 6.45) is 0.931. The summed E-state index contributed by atoms with van der Waals surface area (Å²) < 4.78 is 0. The van der Waals surface area contributed by atoms with Crippen molar-refractivity contribution in [1.82, 2.24) is 5.23 Å². The van der Waals surface area contributed by atoms with Crippen LogP contribution in [-0.4, -0.2) is 25.0 Å². The molecule has 0 unspecified atom stereocenters. The average molecular weight is 209 g/mol. The summed E-state index contributed by atoms with van der Waals surface area (Å²) in [6, 6.07) is 10.3. The van der Waals surface area contributed by atoms with Crippen LogP contribution in [0.3, 0.4) is 0 Å². The molecule has 3 heteroatoms. The van der Waals surface area contributed by atoms with Gasteiger partial charge >= 0.3 is 0 Å². The van der Waals surface area contributed by atoms with Gasteiger partial charge in [0, 0.05) is 0 Å². The summed E-state index contributed by atoms with van der Waals surface area (Å²) in [4.78, 5) is 10.6. The lowest BCUT2D eigenvalue weighted by Crippen LogP contribution is -2.26. The number of rotatable bonds is 7. The average Bonchev–Trinajstić information content (AvgIpc) is 2.28. The van der Waals surface area contributed by atoms with E-state index >= 15 is 0 Å². The Hall–Kier alpha value is -0.900. The van der Waals surface area contributed by atoms with E-state index in [9.17, 15) is 0 Å². The molecule has 3 nitrogen and oxygen atoms in total. The minimum Gasteiger partial charge on any atom is -0.274 e. The Morgan fingerprint density at radius 3 is 2.13 bits per heavy atom. The van der Waals surface area contributed by atoms with Crippen LogP contribution in [0.5, 0.6) is 0 Å². The van der Waals surface area contributed by atoms with Crippen LogP contribution in [0.25, 0.3) is 0 Å². The van der Waals surface area contributed by atoms with Crippen LogP contribution >= 0.6 is 0 Å². The third kappa shape index (κ3) is 4.93. The van der Waals surface area contributed by atoms with Gasteiger partial charge in [-0.1, -0.05) is 35.6 Å². The SMILES string of the molecule is CCON(CCc1ccccc1)OCC. The molecule has 0 bridgehead atoms. The highest BCUT2D eigenvalue weighted by Gasteiger charge is 2.03. The van der Waals surface area contributed by atoms with E-state index in [1.807, 2.05) is 32.0 Å². The van der Waals surface area contributed by atoms with Crippen LogP contribution in [-0.2, 0) is 16.1 Å². The zero-order chi connectivity index (χ0) is 10.9. The Bertz CT molecular complexity index is 245. The van der Waals surface area contributed by atoms with Crippen LogP contribution in [0.15, 0.2) is 30.3 Å². The van der Waals surface area contributed by atoms with Crippen molar-refractivity contribution in [3.8, 4) is 0 Å². The molecule has 0 spiro atoms. The summed E-state index contributed by atoms with van der Waals surface area (Å²) >= 11 is 0. The van der Waals surface area contributed by atoms with Crippen LogP contribution in [0.2, 0.25) is 0 Å². The minimum absolute atomic E-state index is 0.634. The predicted octanol–water partition coefficient (Wildman–Crippen LogP) is 2.43. The third-order valence-corrected chi connectivity index (χ3v) is 1.97. The molecule has 0 radical (unpaired) electrons. The van der Waals surface area contributed by atoms with Gasteiger partial charge < -0.3 is 0 Å². The molecule has 0 aliphatic rings. The number of benzene rings is 1. The van der Waals surface area contributed by atoms with Crippen molar-refractivity contribution >= 4 is 0 Å². The fourth-order valence-corrected chi connectivity index (χ4v) is 1.32. The summed E-state index contributed by atoms with van der Waals surface area (Å²) in [6.45, 7) is 5.93. The molecule has 0 aliphatic carbocycles. The van der Waals surface area contributed by atoms with Crippen molar-refractivity contribution in [2.24, 2.45) is 0 Å². The quantitative estimate of drug-likeness (QED) is 0.644. The molecular formula is C12H19NO2. The van der Waals surface area contributed by atoms with Crippen molar-refractivity contribution in [3.63, 3.8) is 0 Å². The molecule has 1 rings (SSSR count). The molecule has 0 saturated carbocycles. The third-order valence-electron chi connectivity index (χ3n) is 1.97. The standard InChI is InChI=1S/C12H19NO2/c1-3-14-13(15-4-2)11-10-12-8-6-5-7-9-12/h5-9H,3-4,10-11H2,1-2H3. The zero-order valence-corrected chi connectivity index (χ0v) is 9.48. The molecule has 84 valence electrons. The molecule has 0 fully saturated rings. The first-order valence-electron chi connectivity index (χ1n) is 5.44. The summed E-state index contributed by atoms with van der Waals surface area (Å²) in [5.74, 6) is 0. The summed E-state index contributed by atoms with van der Waals surface area (Å²) in [5, 5.41) is 1.56. The smallest absolute Gasteiger partial charge is 0.0683 e. The van der Waals surface area contributed by atoms with Crippen LogP contribution < -0.4 is 0 Å². The first-order valence-corrected chi connectivity index (χ1v) is 5.44. The molecule has 1 aromatic carbocycles. The van der Waals surface area contributed by atoms with Gasteiger partial charge in [-0.05, 0) is 25.8 Å². The van der Waals surface area contributed by atoms with Gasteiger partial charge in [-0.25, -0.2) is 0 Å². The largest absolute Gasteiger partial charge is 0.274 e. The molecule has 1 aromatic rings. The fourth-order valence-electron chi connectivity index (χ4n) is 1.32. The second-order valence-electron chi connectivity index (χ2n) is 3.13. The Morgan fingerprint density at radius 2 is 1.60 bits per heavy atom. The molecule has 15 heavy (non-hydrogen) atoms. The van der Waals surface area contributed by atoms with Crippen molar-refractivity contribution in [2.45, 2.75) is 20.3 Å². The number of hydrogen-bond acceptors (Lipinski definition) is 3. The number of hydrogen-bond donors (Lipinski definition) is 0. The topological polar surface area (TPSA) is 21.7 Å². The normalized spacial score (nSPS) is 10.9. The van der Waals surface area contributed by atoms with Crippen LogP contribution in [0.1, 0.15) is 19.4 Å². The van der Waals surface area contributed by atoms with Gasteiger partial charge in [0.15, 0.2) is 0 Å². The minimum atomic E-state index is 0.634. The van der Waals surface area contributed by atoms with E-state index in [1.165, 1.54) is 5.56 Å². The van der Waals surface area contributed by atoms with Gasteiger partial charge in [0.2, 0.25) is 0 Å². The highest BCUT2D eigenvalue weighted by atomic mass is 16.9. The Kier molecular flexibility index (Phi) is 6.00. The summed E-state index contributed by atoms with van der Waals surface area (Å²) in [7, 11) is 0. The maximum absolute atomic E-state index is 5.32. The Balaban J connectivity index is 2.33. The molecule has 0 atom stereocenters. The Morgan fingerprint density at radius 1 is 1.00 bits per heavy atom. The van der Waals surface area contributed by atoms with E-state index in [2.05, 4.69) is 12.1 Å². The van der Waals surface area contributed by atoms with Gasteiger partial charge in [-0.3, -0.25) is 9.68 Å². The van der Waals surface area contributed by atoms with Gasteiger partial charge in [0.05, 0.1) is 19.8 Å². The van der Waals surface area contributed by atoms with E-state index in [-0.39, 0.29) is 0 Å². The predicted molar refractivity (Wildman–Crippen MR) is 60.1 cm³/mol. The second-order valence-corrected chi connectivity index (χ2v) is 3.13. The highest BCUT2D eigenvalue weighted by molar-refractivity contribution is 5.14. The van der Waals surface area contributed by atoms with E-state index in [1.54, 1.807) is 5.23 Å². The molecule has 0 heterocycles. The van der Waals surface area contributed by atoms with Crippen LogP contribution in [0.4, 0.5) is 0 Å². The Labute approximate surface area is 91.5 Å². The molecule has 0 aliphatic heterocycles. The lowest BCUT2D eigenvalue weighted by molar-refractivity contribution is -0.364. The van der Waals surface area contributed by atoms with E-state index in [0.717, 1.165) is 13.0 Å². The summed E-state index contributed by atoms with van der Waals surface area (Å²) in [5.41, 5.74) is 1.29. The highest BCUT2D eigenvalue weighted by Crippen LogP contribution is 2.02. The molecule has 0 saturated heterocycles. The van der Waals surface area contributed by atoms with Crippen LogP contribution in [0, 0.1) is 0 Å². The zero-order valence-electron chi connectivity index (χ0n) is 9.48. The van der Waals surface area contributed by atoms with Crippen molar-refractivity contribution < 1.29 is 9.68 Å². The number of nitrogens with zero attached hydrogens (tertiary/aromatic N) is 1. The molecule has 0 amide bonds. The van der Waals surface area contributed by atoms with Crippen molar-refractivity contribution in [1.29, 1.82) is 0 Å². The van der Waals surface area contributed by atoms with Gasteiger partial charge in [0.25, 0.3) is 0 Å². The maximum atomic E-state index is 5.32. The second kappa shape index (κ2) is 7.40. The van der Waals surface area contributed by atoms with Crippen molar-refractivity contribution in [2.75, 3.05) is 19.8 Å². The first-order chi connectivity index (χ1) is 7.36. The first kappa shape index (κ1) is 12.2. The lowest BCUT2D eigenvalue weighted by Gasteiger charge is -2.19.